The van der Waals surface area contributed by atoms with Gasteiger partial charge >= 0.3 is 12.1 Å². The number of carbonyl (C=O) groups excluding carboxylic acids is 2. The Hall–Kier alpha value is -3.96. The van der Waals surface area contributed by atoms with Crippen LogP contribution in [0.25, 0.3) is 0 Å². The summed E-state index contributed by atoms with van der Waals surface area (Å²) in [5, 5.41) is 21.6. The van der Waals surface area contributed by atoms with Crippen molar-refractivity contribution in [1.29, 1.82) is 0 Å². The van der Waals surface area contributed by atoms with E-state index in [2.05, 4.69) is 25.8 Å². The summed E-state index contributed by atoms with van der Waals surface area (Å²) in [5.74, 6) is -1.80. The van der Waals surface area contributed by atoms with Crippen LogP contribution in [0.5, 0.6) is 0 Å². The molecule has 3 rings (SSSR count). The number of nitrogens with zero attached hydrogens (tertiary/aromatic N) is 2. The second-order valence-corrected chi connectivity index (χ2v) is 8.03. The SMILES string of the molecule is Cc1[nH]c(/C=N/N=C2\C(=O)Nc3cc(C(F)(F)F)ccc32)c(C)c1C(=O)NCCCCCC(=O)O. The van der Waals surface area contributed by atoms with E-state index in [1.165, 1.54) is 12.3 Å². The molecular weight excluding hydrogens is 467 g/mol. The molecular formula is C23H24F3N5O4. The highest BCUT2D eigenvalue weighted by molar-refractivity contribution is 6.53. The maximum Gasteiger partial charge on any atom is 0.416 e. The second-order valence-electron chi connectivity index (χ2n) is 8.03. The van der Waals surface area contributed by atoms with Crippen LogP contribution < -0.4 is 10.6 Å². The lowest BCUT2D eigenvalue weighted by Gasteiger charge is -2.07. The number of aromatic amines is 1. The first-order chi connectivity index (χ1) is 16.5. The zero-order valence-corrected chi connectivity index (χ0v) is 19.0. The number of rotatable bonds is 9. The highest BCUT2D eigenvalue weighted by Crippen LogP contribution is 2.34. The number of unbranched alkanes of at least 4 members (excludes halogenated alkanes) is 2. The molecule has 0 bridgehead atoms. The lowest BCUT2D eigenvalue weighted by Crippen LogP contribution is -2.25. The van der Waals surface area contributed by atoms with Crippen molar-refractivity contribution in [1.82, 2.24) is 10.3 Å². The van der Waals surface area contributed by atoms with Crippen LogP contribution in [-0.4, -0.2) is 46.3 Å². The van der Waals surface area contributed by atoms with Gasteiger partial charge in [-0.2, -0.15) is 18.3 Å². The molecule has 0 saturated carbocycles. The number of nitrogens with one attached hydrogen (secondary N) is 3. The number of amides is 2. The topological polar surface area (TPSA) is 136 Å². The van der Waals surface area contributed by atoms with E-state index >= 15 is 0 Å². The molecule has 0 aliphatic carbocycles. The third-order valence-corrected chi connectivity index (χ3v) is 5.47. The van der Waals surface area contributed by atoms with Crippen molar-refractivity contribution >= 4 is 35.4 Å². The average Bonchev–Trinajstić information content (AvgIpc) is 3.24. The van der Waals surface area contributed by atoms with Crippen LogP contribution in [0.15, 0.2) is 28.4 Å². The monoisotopic (exact) mass is 491 g/mol. The molecule has 1 aromatic heterocycles. The number of alkyl halides is 3. The van der Waals surface area contributed by atoms with Gasteiger partial charge in [0.2, 0.25) is 0 Å². The molecule has 2 amide bonds. The quantitative estimate of drug-likeness (QED) is 0.241. The number of fused-ring (bicyclic) bond motifs is 1. The zero-order valence-electron chi connectivity index (χ0n) is 19.0. The van der Waals surface area contributed by atoms with Crippen molar-refractivity contribution in [3.8, 4) is 0 Å². The Morgan fingerprint density at radius 2 is 1.91 bits per heavy atom. The molecule has 35 heavy (non-hydrogen) atoms. The molecule has 0 saturated heterocycles. The Morgan fingerprint density at radius 3 is 2.60 bits per heavy atom. The minimum Gasteiger partial charge on any atom is -0.481 e. The van der Waals surface area contributed by atoms with Crippen LogP contribution in [-0.2, 0) is 15.8 Å². The van der Waals surface area contributed by atoms with E-state index in [1.807, 2.05) is 0 Å². The average molecular weight is 491 g/mol. The number of aromatic nitrogens is 1. The summed E-state index contributed by atoms with van der Waals surface area (Å²) in [6.07, 6.45) is -1.23. The summed E-state index contributed by atoms with van der Waals surface area (Å²) in [5.41, 5.74) is 1.36. The predicted molar refractivity (Wildman–Crippen MR) is 123 cm³/mol. The van der Waals surface area contributed by atoms with Crippen LogP contribution >= 0.6 is 0 Å². The fourth-order valence-corrected chi connectivity index (χ4v) is 3.69. The molecule has 1 aliphatic heterocycles. The number of anilines is 1. The van der Waals surface area contributed by atoms with E-state index in [-0.39, 0.29) is 29.3 Å². The zero-order chi connectivity index (χ0) is 25.8. The minimum absolute atomic E-state index is 0.00703. The Kier molecular flexibility index (Phi) is 7.72. The Balaban J connectivity index is 1.68. The summed E-state index contributed by atoms with van der Waals surface area (Å²) in [4.78, 5) is 38.3. The molecule has 0 spiro atoms. The van der Waals surface area contributed by atoms with E-state index in [4.69, 9.17) is 5.11 Å². The molecule has 2 heterocycles. The number of carboxylic acids is 1. The van der Waals surface area contributed by atoms with Crippen molar-refractivity contribution in [3.63, 3.8) is 0 Å². The van der Waals surface area contributed by atoms with Gasteiger partial charge in [-0.1, -0.05) is 6.42 Å². The Bertz CT molecular complexity index is 1210. The van der Waals surface area contributed by atoms with E-state index in [1.54, 1.807) is 13.8 Å². The number of aliphatic carboxylic acids is 1. The summed E-state index contributed by atoms with van der Waals surface area (Å²) in [6, 6.07) is 2.88. The van der Waals surface area contributed by atoms with Gasteiger partial charge in [0.05, 0.1) is 28.7 Å². The first-order valence-electron chi connectivity index (χ1n) is 10.8. The normalized spacial score (nSPS) is 14.4. The van der Waals surface area contributed by atoms with Gasteiger partial charge in [0, 0.05) is 24.2 Å². The van der Waals surface area contributed by atoms with E-state index < -0.39 is 23.6 Å². The lowest BCUT2D eigenvalue weighted by molar-refractivity contribution is -0.138. The van der Waals surface area contributed by atoms with Gasteiger partial charge in [0.25, 0.3) is 11.8 Å². The fraction of sp³-hybridized carbons (Fsp3) is 0.348. The van der Waals surface area contributed by atoms with E-state index in [9.17, 15) is 27.6 Å². The van der Waals surface area contributed by atoms with Crippen molar-refractivity contribution in [2.24, 2.45) is 10.2 Å². The summed E-state index contributed by atoms with van der Waals surface area (Å²) >= 11 is 0. The first-order valence-corrected chi connectivity index (χ1v) is 10.8. The fourth-order valence-electron chi connectivity index (χ4n) is 3.69. The second kappa shape index (κ2) is 10.5. The van der Waals surface area contributed by atoms with Crippen LogP contribution in [0.2, 0.25) is 0 Å². The summed E-state index contributed by atoms with van der Waals surface area (Å²) < 4.78 is 38.7. The molecule has 0 radical (unpaired) electrons. The molecule has 1 aliphatic rings. The van der Waals surface area contributed by atoms with Gasteiger partial charge in [0.1, 0.15) is 0 Å². The van der Waals surface area contributed by atoms with Crippen molar-refractivity contribution in [3.05, 3.63) is 51.8 Å². The predicted octanol–water partition coefficient (Wildman–Crippen LogP) is 3.80. The van der Waals surface area contributed by atoms with Crippen molar-refractivity contribution in [2.45, 2.75) is 45.7 Å². The van der Waals surface area contributed by atoms with Crippen LogP contribution in [0.1, 0.15) is 64.1 Å². The number of hydrogen-bond acceptors (Lipinski definition) is 5. The molecule has 2 aromatic rings. The van der Waals surface area contributed by atoms with Crippen molar-refractivity contribution in [2.75, 3.05) is 11.9 Å². The van der Waals surface area contributed by atoms with E-state index in [0.29, 0.717) is 48.3 Å². The molecule has 0 fully saturated rings. The molecule has 0 unspecified atom stereocenters. The first kappa shape index (κ1) is 25.7. The van der Waals surface area contributed by atoms with E-state index in [0.717, 1.165) is 12.1 Å². The van der Waals surface area contributed by atoms with Gasteiger partial charge in [-0.3, -0.25) is 14.4 Å². The standard InChI is InChI=1S/C23H24F3N5O4/c1-12-17(29-13(2)19(12)21(34)27-9-5-3-4-6-18(32)33)11-28-31-20-15-8-7-14(23(24,25)26)10-16(15)30-22(20)35/h7-8,10-11,29H,3-6,9H2,1-2H3,(H,27,34)(H,32,33)(H,30,31,35)/b28-11+. The highest BCUT2D eigenvalue weighted by Gasteiger charge is 2.34. The minimum atomic E-state index is -4.54. The molecule has 4 N–H and O–H groups in total. The summed E-state index contributed by atoms with van der Waals surface area (Å²) in [7, 11) is 0. The van der Waals surface area contributed by atoms with Gasteiger partial charge < -0.3 is 20.7 Å². The Labute approximate surface area is 198 Å². The molecule has 0 atom stereocenters. The van der Waals surface area contributed by atoms with Gasteiger partial charge in [-0.05, 0) is 50.5 Å². The number of carbonyl (C=O) groups is 3. The number of halogens is 3. The maximum absolute atomic E-state index is 12.9. The van der Waals surface area contributed by atoms with Crippen LogP contribution in [0, 0.1) is 13.8 Å². The smallest absolute Gasteiger partial charge is 0.416 e. The van der Waals surface area contributed by atoms with Gasteiger partial charge in [-0.25, -0.2) is 0 Å². The highest BCUT2D eigenvalue weighted by atomic mass is 19.4. The summed E-state index contributed by atoms with van der Waals surface area (Å²) in [6.45, 7) is 3.84. The maximum atomic E-state index is 12.9. The number of H-pyrrole nitrogens is 1. The number of hydrogen-bond donors (Lipinski definition) is 4. The van der Waals surface area contributed by atoms with Crippen molar-refractivity contribution < 1.29 is 32.7 Å². The van der Waals surface area contributed by atoms with Gasteiger partial charge in [0.15, 0.2) is 5.71 Å². The largest absolute Gasteiger partial charge is 0.481 e. The van der Waals surface area contributed by atoms with Crippen LogP contribution in [0.4, 0.5) is 18.9 Å². The Morgan fingerprint density at radius 1 is 1.17 bits per heavy atom. The van der Waals surface area contributed by atoms with Crippen LogP contribution in [0.3, 0.4) is 0 Å². The van der Waals surface area contributed by atoms with Gasteiger partial charge in [-0.15, -0.1) is 5.10 Å². The number of carboxylic acid groups (broad SMARTS) is 1. The third kappa shape index (κ3) is 6.14. The third-order valence-electron chi connectivity index (χ3n) is 5.47. The molecule has 186 valence electrons. The molecule has 9 nitrogen and oxygen atoms in total. The molecule has 12 heteroatoms. The lowest BCUT2D eigenvalue weighted by atomic mass is 10.1. The number of aryl methyl sites for hydroxylation is 1. The molecule has 1 aromatic carbocycles. The number of benzene rings is 1.